The minimum Gasteiger partial charge on any atom is -0.352 e. The molecule has 122 valence electrons. The summed E-state index contributed by atoms with van der Waals surface area (Å²) in [7, 11) is 1.89. The maximum Gasteiger partial charge on any atom is 0.234 e. The summed E-state index contributed by atoms with van der Waals surface area (Å²) in [5, 5.41) is 6.18. The molecule has 3 rings (SSSR count). The summed E-state index contributed by atoms with van der Waals surface area (Å²) >= 11 is 5.30. The lowest BCUT2D eigenvalue weighted by Gasteiger charge is -2.16. The number of aromatic amines is 1. The normalized spacial score (nSPS) is 14.2. The Kier molecular flexibility index (Phi) is 4.58. The fourth-order valence-electron chi connectivity index (χ4n) is 2.33. The summed E-state index contributed by atoms with van der Waals surface area (Å²) in [6.07, 6.45) is 2.20. The van der Waals surface area contributed by atoms with Crippen molar-refractivity contribution in [3.63, 3.8) is 0 Å². The van der Waals surface area contributed by atoms with E-state index in [0.29, 0.717) is 24.0 Å². The highest BCUT2D eigenvalue weighted by molar-refractivity contribution is 7.71. The van der Waals surface area contributed by atoms with Gasteiger partial charge in [-0.25, -0.2) is 4.68 Å². The molecule has 1 aromatic heterocycles. The van der Waals surface area contributed by atoms with Crippen LogP contribution in [0.2, 0.25) is 0 Å². The van der Waals surface area contributed by atoms with Crippen molar-refractivity contribution in [2.24, 2.45) is 0 Å². The number of carbonyl (C=O) groups is 1. The number of nitrogens with zero attached hydrogens (tertiary/aromatic N) is 3. The Morgan fingerprint density at radius 1 is 1.43 bits per heavy atom. The van der Waals surface area contributed by atoms with Gasteiger partial charge in [-0.15, -0.1) is 0 Å². The van der Waals surface area contributed by atoms with E-state index in [1.165, 1.54) is 5.56 Å². The molecule has 1 aromatic carbocycles. The Balaban J connectivity index is 1.64. The second-order valence-corrected chi connectivity index (χ2v) is 6.51. The molecule has 0 atom stereocenters. The molecular formula is C16H21N5OS. The van der Waals surface area contributed by atoms with Crippen molar-refractivity contribution < 1.29 is 4.79 Å². The highest BCUT2D eigenvalue weighted by atomic mass is 32.1. The van der Waals surface area contributed by atoms with Gasteiger partial charge in [0.05, 0.1) is 13.2 Å². The van der Waals surface area contributed by atoms with Crippen molar-refractivity contribution in [2.45, 2.75) is 32.5 Å². The number of carbonyl (C=O) groups excluding carboxylic acids is 1. The molecule has 1 amide bonds. The van der Waals surface area contributed by atoms with E-state index < -0.39 is 0 Å². The van der Waals surface area contributed by atoms with E-state index in [-0.39, 0.29) is 5.91 Å². The summed E-state index contributed by atoms with van der Waals surface area (Å²) in [4.78, 5) is 18.1. The van der Waals surface area contributed by atoms with E-state index in [2.05, 4.69) is 15.4 Å². The first-order valence-electron chi connectivity index (χ1n) is 7.73. The maximum atomic E-state index is 11.8. The number of H-pyrrole nitrogens is 1. The molecule has 0 aliphatic heterocycles. The smallest absolute Gasteiger partial charge is 0.234 e. The number of nitrogens with one attached hydrogen (secondary N) is 2. The van der Waals surface area contributed by atoms with Crippen molar-refractivity contribution in [2.75, 3.05) is 13.6 Å². The third-order valence-corrected chi connectivity index (χ3v) is 4.05. The molecule has 1 saturated carbocycles. The van der Waals surface area contributed by atoms with Gasteiger partial charge >= 0.3 is 0 Å². The zero-order valence-electron chi connectivity index (χ0n) is 13.4. The number of aromatic nitrogens is 3. The summed E-state index contributed by atoms with van der Waals surface area (Å²) in [6.45, 7) is 2.89. The quantitative estimate of drug-likeness (QED) is 0.796. The lowest BCUT2D eigenvalue weighted by Crippen LogP contribution is -2.37. The second kappa shape index (κ2) is 6.64. The Labute approximate surface area is 140 Å². The van der Waals surface area contributed by atoms with Crippen LogP contribution in [0, 0.1) is 11.7 Å². The topological polar surface area (TPSA) is 66.0 Å². The zero-order valence-corrected chi connectivity index (χ0v) is 14.2. The molecule has 0 bridgehead atoms. The van der Waals surface area contributed by atoms with Gasteiger partial charge in [0.1, 0.15) is 0 Å². The number of rotatable bonds is 6. The monoisotopic (exact) mass is 331 g/mol. The van der Waals surface area contributed by atoms with Crippen LogP contribution in [0.1, 0.15) is 18.4 Å². The number of hydrogen-bond acceptors (Lipinski definition) is 4. The SMILES string of the molecule is Cc1ccc(-c2nc(=S)n(CN(C)CC(=O)NC3CC3)[nH]2)cc1. The number of benzene rings is 1. The van der Waals surface area contributed by atoms with E-state index in [0.717, 1.165) is 24.2 Å². The molecule has 7 heteroatoms. The Bertz CT molecular complexity index is 745. The first kappa shape index (κ1) is 15.9. The third-order valence-electron chi connectivity index (χ3n) is 3.74. The molecule has 23 heavy (non-hydrogen) atoms. The zero-order chi connectivity index (χ0) is 16.4. The Morgan fingerprint density at radius 3 is 2.78 bits per heavy atom. The summed E-state index contributed by atoms with van der Waals surface area (Å²) in [5.41, 5.74) is 2.20. The lowest BCUT2D eigenvalue weighted by molar-refractivity contribution is -0.122. The number of likely N-dealkylation sites (N-methyl/N-ethyl adjacent to an activating group) is 1. The van der Waals surface area contributed by atoms with Gasteiger partial charge in [0.2, 0.25) is 10.7 Å². The minimum absolute atomic E-state index is 0.0554. The fourth-order valence-corrected chi connectivity index (χ4v) is 2.53. The van der Waals surface area contributed by atoms with Crippen LogP contribution in [-0.2, 0) is 11.5 Å². The van der Waals surface area contributed by atoms with Crippen LogP contribution in [0.3, 0.4) is 0 Å². The van der Waals surface area contributed by atoms with Gasteiger partial charge in [0, 0.05) is 11.6 Å². The van der Waals surface area contributed by atoms with E-state index in [1.807, 2.05) is 43.1 Å². The molecule has 2 N–H and O–H groups in total. The molecule has 1 fully saturated rings. The van der Waals surface area contributed by atoms with Crippen LogP contribution in [0.5, 0.6) is 0 Å². The molecular weight excluding hydrogens is 310 g/mol. The fraction of sp³-hybridized carbons (Fsp3) is 0.438. The first-order valence-corrected chi connectivity index (χ1v) is 8.14. The van der Waals surface area contributed by atoms with E-state index in [4.69, 9.17) is 12.2 Å². The van der Waals surface area contributed by atoms with Crippen molar-refractivity contribution in [1.82, 2.24) is 25.0 Å². The number of amides is 1. The molecule has 1 heterocycles. The van der Waals surface area contributed by atoms with Crippen LogP contribution < -0.4 is 5.32 Å². The molecule has 0 unspecified atom stereocenters. The Hall–Kier alpha value is -1.99. The summed E-state index contributed by atoms with van der Waals surface area (Å²) < 4.78 is 2.25. The predicted molar refractivity (Wildman–Crippen MR) is 91.4 cm³/mol. The van der Waals surface area contributed by atoms with E-state index in [9.17, 15) is 4.79 Å². The molecule has 1 aliphatic rings. The number of aryl methyl sites for hydroxylation is 1. The lowest BCUT2D eigenvalue weighted by atomic mass is 10.1. The maximum absolute atomic E-state index is 11.8. The van der Waals surface area contributed by atoms with Gasteiger partial charge in [-0.05, 0) is 39.0 Å². The average Bonchev–Trinajstić information content (AvgIpc) is 3.23. The predicted octanol–water partition coefficient (Wildman–Crippen LogP) is 2.08. The first-order chi connectivity index (χ1) is 11.0. The van der Waals surface area contributed by atoms with Crippen LogP contribution in [0.4, 0.5) is 0 Å². The van der Waals surface area contributed by atoms with Gasteiger partial charge in [0.25, 0.3) is 0 Å². The average molecular weight is 331 g/mol. The van der Waals surface area contributed by atoms with E-state index in [1.54, 1.807) is 4.68 Å². The van der Waals surface area contributed by atoms with Gasteiger partial charge < -0.3 is 5.32 Å². The molecule has 0 spiro atoms. The van der Waals surface area contributed by atoms with Crippen LogP contribution >= 0.6 is 12.2 Å². The van der Waals surface area contributed by atoms with Gasteiger partial charge in [-0.3, -0.25) is 14.8 Å². The van der Waals surface area contributed by atoms with Crippen molar-refractivity contribution >= 4 is 18.1 Å². The minimum atomic E-state index is 0.0554. The third kappa shape index (κ3) is 4.27. The summed E-state index contributed by atoms with van der Waals surface area (Å²) in [6, 6.07) is 8.50. The highest BCUT2D eigenvalue weighted by Crippen LogP contribution is 2.18. The summed E-state index contributed by atoms with van der Waals surface area (Å²) in [5.74, 6) is 0.797. The van der Waals surface area contributed by atoms with Crippen LogP contribution in [-0.4, -0.2) is 45.2 Å². The van der Waals surface area contributed by atoms with Crippen molar-refractivity contribution in [3.05, 3.63) is 34.6 Å². The molecule has 1 aliphatic carbocycles. The van der Waals surface area contributed by atoms with Gasteiger partial charge in [-0.2, -0.15) is 4.98 Å². The highest BCUT2D eigenvalue weighted by Gasteiger charge is 2.23. The van der Waals surface area contributed by atoms with Gasteiger partial charge in [0.15, 0.2) is 5.82 Å². The molecule has 6 nitrogen and oxygen atoms in total. The van der Waals surface area contributed by atoms with Crippen LogP contribution in [0.25, 0.3) is 11.4 Å². The Morgan fingerprint density at radius 2 is 2.13 bits per heavy atom. The molecule has 2 aromatic rings. The largest absolute Gasteiger partial charge is 0.352 e. The second-order valence-electron chi connectivity index (χ2n) is 6.15. The molecule has 0 saturated heterocycles. The van der Waals surface area contributed by atoms with Crippen molar-refractivity contribution in [1.29, 1.82) is 0 Å². The van der Waals surface area contributed by atoms with Crippen LogP contribution in [0.15, 0.2) is 24.3 Å². The number of hydrogen-bond donors (Lipinski definition) is 2. The van der Waals surface area contributed by atoms with Crippen molar-refractivity contribution in [3.8, 4) is 11.4 Å². The van der Waals surface area contributed by atoms with E-state index >= 15 is 0 Å². The van der Waals surface area contributed by atoms with Gasteiger partial charge in [-0.1, -0.05) is 29.8 Å². The standard InChI is InChI=1S/C16H21N5OS/c1-11-3-5-12(6-4-11)15-18-16(23)21(19-15)10-20(2)9-14(22)17-13-7-8-13/h3-6,13H,7-10H2,1-2H3,(H,17,22)(H,18,19,23). The molecule has 0 radical (unpaired) electrons.